The van der Waals surface area contributed by atoms with Crippen LogP contribution in [0.15, 0.2) is 0 Å². The zero-order valence-corrected chi connectivity index (χ0v) is 14.9. The van der Waals surface area contributed by atoms with E-state index >= 15 is 0 Å². The Bertz CT molecular complexity index is 387. The topological polar surface area (TPSA) is 87.9 Å². The molecule has 3 amide bonds. The number of piperidine rings is 1. The first kappa shape index (κ1) is 19.5. The molecular weight excluding hydrogens is 296 g/mol. The lowest BCUT2D eigenvalue weighted by Gasteiger charge is -2.31. The number of rotatable bonds is 6. The highest BCUT2D eigenvalue weighted by atomic mass is 16.6. The summed E-state index contributed by atoms with van der Waals surface area (Å²) >= 11 is 0. The Morgan fingerprint density at radius 1 is 1.30 bits per heavy atom. The molecule has 0 spiro atoms. The van der Waals surface area contributed by atoms with E-state index < -0.39 is 5.60 Å². The zero-order chi connectivity index (χ0) is 17.5. The number of carbonyl (C=O) groups excluding carboxylic acids is 2. The summed E-state index contributed by atoms with van der Waals surface area (Å²) in [6.07, 6.45) is 2.47. The van der Waals surface area contributed by atoms with Crippen LogP contribution in [-0.2, 0) is 4.74 Å². The minimum absolute atomic E-state index is 0.255. The lowest BCUT2D eigenvalue weighted by Crippen LogP contribution is -2.47. The summed E-state index contributed by atoms with van der Waals surface area (Å²) in [5.41, 5.74) is 4.81. The van der Waals surface area contributed by atoms with Gasteiger partial charge in [-0.15, -0.1) is 0 Å². The molecule has 3 N–H and O–H groups in total. The molecule has 1 aliphatic rings. The molecule has 23 heavy (non-hydrogen) atoms. The lowest BCUT2D eigenvalue weighted by atomic mass is 10.1. The van der Waals surface area contributed by atoms with Gasteiger partial charge in [0, 0.05) is 32.2 Å². The van der Waals surface area contributed by atoms with Gasteiger partial charge in [-0.05, 0) is 53.5 Å². The second-order valence-corrected chi connectivity index (χ2v) is 6.97. The molecule has 0 aromatic carbocycles. The summed E-state index contributed by atoms with van der Waals surface area (Å²) in [5, 5.41) is 3.49. The molecule has 1 saturated heterocycles. The van der Waals surface area contributed by atoms with Crippen molar-refractivity contribution in [3.8, 4) is 0 Å². The molecule has 0 atom stereocenters. The number of carbonyl (C=O) groups is 2. The van der Waals surface area contributed by atoms with Crippen molar-refractivity contribution >= 4 is 12.1 Å². The second-order valence-electron chi connectivity index (χ2n) is 6.97. The third kappa shape index (κ3) is 7.54. The average molecular weight is 328 g/mol. The number of hydrogen-bond donors (Lipinski definition) is 2. The van der Waals surface area contributed by atoms with Gasteiger partial charge in [0.25, 0.3) is 0 Å². The highest BCUT2D eigenvalue weighted by Crippen LogP contribution is 2.11. The van der Waals surface area contributed by atoms with Gasteiger partial charge in [-0.3, -0.25) is 0 Å². The van der Waals surface area contributed by atoms with Crippen molar-refractivity contribution in [2.24, 2.45) is 5.73 Å². The van der Waals surface area contributed by atoms with Gasteiger partial charge < -0.3 is 25.6 Å². The molecule has 0 aromatic heterocycles. The van der Waals surface area contributed by atoms with Crippen molar-refractivity contribution in [3.05, 3.63) is 0 Å². The van der Waals surface area contributed by atoms with Crippen LogP contribution < -0.4 is 11.1 Å². The Balaban J connectivity index is 2.20. The van der Waals surface area contributed by atoms with Gasteiger partial charge in [0.1, 0.15) is 5.60 Å². The maximum Gasteiger partial charge on any atom is 0.410 e. The maximum atomic E-state index is 12.0. The number of ether oxygens (including phenoxy) is 1. The predicted molar refractivity (Wildman–Crippen MR) is 90.3 cm³/mol. The summed E-state index contributed by atoms with van der Waals surface area (Å²) in [7, 11) is 0. The summed E-state index contributed by atoms with van der Waals surface area (Å²) < 4.78 is 5.39. The van der Waals surface area contributed by atoms with Crippen molar-refractivity contribution in [3.63, 3.8) is 0 Å². The quantitative estimate of drug-likeness (QED) is 0.727. The highest BCUT2D eigenvalue weighted by Gasteiger charge is 2.22. The van der Waals surface area contributed by atoms with E-state index in [-0.39, 0.29) is 12.1 Å². The van der Waals surface area contributed by atoms with E-state index in [9.17, 15) is 9.59 Å². The van der Waals surface area contributed by atoms with E-state index in [0.29, 0.717) is 32.2 Å². The first-order valence-electron chi connectivity index (χ1n) is 8.48. The van der Waals surface area contributed by atoms with Crippen molar-refractivity contribution in [1.82, 2.24) is 15.1 Å². The molecular formula is C16H32N4O3. The Morgan fingerprint density at radius 3 is 2.39 bits per heavy atom. The number of hydrogen-bond acceptors (Lipinski definition) is 4. The number of nitrogens with two attached hydrogens (primary N) is 1. The van der Waals surface area contributed by atoms with Crippen LogP contribution in [0.25, 0.3) is 0 Å². The van der Waals surface area contributed by atoms with Crippen LogP contribution in [0.5, 0.6) is 0 Å². The molecule has 0 aromatic rings. The molecule has 0 saturated carbocycles. The molecule has 1 rings (SSSR count). The van der Waals surface area contributed by atoms with Gasteiger partial charge >= 0.3 is 12.1 Å². The SMILES string of the molecule is CCN(CCCNC1CCN(C(N)=O)CC1)C(=O)OC(C)(C)C. The van der Waals surface area contributed by atoms with Gasteiger partial charge in [0.05, 0.1) is 0 Å². The number of amides is 3. The largest absolute Gasteiger partial charge is 0.444 e. The minimum atomic E-state index is -0.461. The molecule has 7 heteroatoms. The maximum absolute atomic E-state index is 12.0. The monoisotopic (exact) mass is 328 g/mol. The fraction of sp³-hybridized carbons (Fsp3) is 0.875. The van der Waals surface area contributed by atoms with Crippen molar-refractivity contribution in [2.45, 2.75) is 58.6 Å². The smallest absolute Gasteiger partial charge is 0.410 e. The summed E-state index contributed by atoms with van der Waals surface area (Å²) in [6.45, 7) is 11.2. The van der Waals surface area contributed by atoms with Crippen LogP contribution in [0.2, 0.25) is 0 Å². The second kappa shape index (κ2) is 8.96. The zero-order valence-electron chi connectivity index (χ0n) is 14.9. The number of nitrogens with zero attached hydrogens (tertiary/aromatic N) is 2. The Morgan fingerprint density at radius 2 is 1.91 bits per heavy atom. The van der Waals surface area contributed by atoms with Gasteiger partial charge in [0.15, 0.2) is 0 Å². The summed E-state index contributed by atoms with van der Waals surface area (Å²) in [5.74, 6) is 0. The normalized spacial score (nSPS) is 16.3. The molecule has 0 bridgehead atoms. The van der Waals surface area contributed by atoms with Crippen LogP contribution in [0.4, 0.5) is 9.59 Å². The molecule has 1 fully saturated rings. The molecule has 134 valence electrons. The summed E-state index contributed by atoms with van der Waals surface area (Å²) in [6, 6.07) is 0.0848. The van der Waals surface area contributed by atoms with E-state index in [1.54, 1.807) is 9.80 Å². The van der Waals surface area contributed by atoms with Gasteiger partial charge in [0.2, 0.25) is 0 Å². The van der Waals surface area contributed by atoms with Gasteiger partial charge in [-0.1, -0.05) is 0 Å². The molecule has 1 heterocycles. The molecule has 0 radical (unpaired) electrons. The van der Waals surface area contributed by atoms with Crippen LogP contribution in [0.3, 0.4) is 0 Å². The molecule has 1 aliphatic heterocycles. The van der Waals surface area contributed by atoms with E-state index in [1.807, 2.05) is 27.7 Å². The first-order chi connectivity index (χ1) is 10.7. The molecule has 0 unspecified atom stereocenters. The summed E-state index contributed by atoms with van der Waals surface area (Å²) in [4.78, 5) is 26.5. The van der Waals surface area contributed by atoms with E-state index in [2.05, 4.69) is 5.32 Å². The number of primary amides is 1. The van der Waals surface area contributed by atoms with Gasteiger partial charge in [-0.25, -0.2) is 9.59 Å². The Labute approximate surface area is 139 Å². The van der Waals surface area contributed by atoms with Gasteiger partial charge in [-0.2, -0.15) is 0 Å². The Kier molecular flexibility index (Phi) is 7.61. The predicted octanol–water partition coefficient (Wildman–Crippen LogP) is 1.77. The number of nitrogens with one attached hydrogen (secondary N) is 1. The van der Waals surface area contributed by atoms with Crippen LogP contribution >= 0.6 is 0 Å². The van der Waals surface area contributed by atoms with E-state index in [4.69, 9.17) is 10.5 Å². The van der Waals surface area contributed by atoms with Crippen LogP contribution in [0, 0.1) is 0 Å². The third-order valence-corrected chi connectivity index (χ3v) is 3.88. The minimum Gasteiger partial charge on any atom is -0.444 e. The standard InChI is InChI=1S/C16H32N4O3/c1-5-19(15(22)23-16(2,3)4)10-6-9-18-13-7-11-20(12-8-13)14(17)21/h13,18H,5-12H2,1-4H3,(H2,17,21). The third-order valence-electron chi connectivity index (χ3n) is 3.88. The molecule has 7 nitrogen and oxygen atoms in total. The van der Waals surface area contributed by atoms with Crippen LogP contribution in [0.1, 0.15) is 47.0 Å². The van der Waals surface area contributed by atoms with Crippen molar-refractivity contribution in [1.29, 1.82) is 0 Å². The van der Waals surface area contributed by atoms with Crippen LogP contribution in [-0.4, -0.2) is 66.3 Å². The fourth-order valence-corrected chi connectivity index (χ4v) is 2.59. The Hall–Kier alpha value is -1.50. The fourth-order valence-electron chi connectivity index (χ4n) is 2.59. The highest BCUT2D eigenvalue weighted by molar-refractivity contribution is 5.72. The average Bonchev–Trinajstić information content (AvgIpc) is 2.45. The first-order valence-corrected chi connectivity index (χ1v) is 8.48. The van der Waals surface area contributed by atoms with E-state index in [0.717, 1.165) is 25.8 Å². The van der Waals surface area contributed by atoms with Crippen molar-refractivity contribution in [2.75, 3.05) is 32.7 Å². The number of likely N-dealkylation sites (tertiary alicyclic amines) is 1. The molecule has 0 aliphatic carbocycles. The lowest BCUT2D eigenvalue weighted by molar-refractivity contribution is 0.0258. The van der Waals surface area contributed by atoms with Crippen molar-refractivity contribution < 1.29 is 14.3 Å². The number of urea groups is 1. The van der Waals surface area contributed by atoms with E-state index in [1.165, 1.54) is 0 Å².